The highest BCUT2D eigenvalue weighted by atomic mass is 15.4. The van der Waals surface area contributed by atoms with Gasteiger partial charge < -0.3 is 11.1 Å². The van der Waals surface area contributed by atoms with E-state index in [4.69, 9.17) is 10.7 Å². The number of fused-ring (bicyclic) bond motifs is 1. The Balaban J connectivity index is 1.64. The van der Waals surface area contributed by atoms with E-state index in [0.717, 1.165) is 41.8 Å². The van der Waals surface area contributed by atoms with E-state index < -0.39 is 0 Å². The maximum absolute atomic E-state index is 6.50. The van der Waals surface area contributed by atoms with E-state index in [1.54, 1.807) is 4.52 Å². The minimum absolute atomic E-state index is 0.161. The zero-order valence-corrected chi connectivity index (χ0v) is 16.5. The van der Waals surface area contributed by atoms with E-state index in [0.29, 0.717) is 11.7 Å². The van der Waals surface area contributed by atoms with Crippen LogP contribution in [0, 0.1) is 0 Å². The first-order valence-electron chi connectivity index (χ1n) is 10.1. The normalized spacial score (nSPS) is 15.2. The Labute approximate surface area is 169 Å². The van der Waals surface area contributed by atoms with Crippen LogP contribution in [0.25, 0.3) is 28.2 Å². The number of anilines is 1. The minimum atomic E-state index is -0.161. The first-order chi connectivity index (χ1) is 14.2. The van der Waals surface area contributed by atoms with Crippen molar-refractivity contribution < 1.29 is 0 Å². The van der Waals surface area contributed by atoms with E-state index in [1.165, 1.54) is 12.0 Å². The summed E-state index contributed by atoms with van der Waals surface area (Å²) in [6.45, 7) is 2.78. The molecular weight excluding hydrogens is 360 g/mol. The summed E-state index contributed by atoms with van der Waals surface area (Å²) in [4.78, 5) is 9.38. The van der Waals surface area contributed by atoms with Gasteiger partial charge in [-0.1, -0.05) is 54.6 Å². The monoisotopic (exact) mass is 384 g/mol. The lowest BCUT2D eigenvalue weighted by molar-refractivity contribution is 0.253. The smallest absolute Gasteiger partial charge is 0.254 e. The molecule has 0 unspecified atom stereocenters. The van der Waals surface area contributed by atoms with Crippen LogP contribution in [0.15, 0.2) is 60.8 Å². The van der Waals surface area contributed by atoms with Crippen molar-refractivity contribution in [2.24, 2.45) is 5.73 Å². The molecule has 3 N–H and O–H groups in total. The molecule has 4 aromatic rings. The molecule has 0 saturated heterocycles. The van der Waals surface area contributed by atoms with Crippen LogP contribution in [-0.2, 0) is 5.54 Å². The Hall–Kier alpha value is -3.25. The molecule has 0 amide bonds. The van der Waals surface area contributed by atoms with Gasteiger partial charge in [-0.2, -0.15) is 4.98 Å². The van der Waals surface area contributed by atoms with Gasteiger partial charge in [-0.15, -0.1) is 5.10 Å². The van der Waals surface area contributed by atoms with Crippen LogP contribution in [0.1, 0.15) is 31.7 Å². The van der Waals surface area contributed by atoms with Crippen molar-refractivity contribution in [3.8, 4) is 22.4 Å². The Bertz CT molecular complexity index is 1140. The number of hydrogen-bond donors (Lipinski definition) is 2. The fourth-order valence-corrected chi connectivity index (χ4v) is 3.91. The lowest BCUT2D eigenvalue weighted by Gasteiger charge is -2.38. The quantitative estimate of drug-likeness (QED) is 0.538. The number of rotatable bonds is 5. The van der Waals surface area contributed by atoms with Gasteiger partial charge in [0.25, 0.3) is 5.78 Å². The molecule has 5 rings (SSSR count). The summed E-state index contributed by atoms with van der Waals surface area (Å²) < 4.78 is 1.74. The van der Waals surface area contributed by atoms with Crippen molar-refractivity contribution in [3.63, 3.8) is 0 Å². The van der Waals surface area contributed by atoms with Crippen molar-refractivity contribution in [3.05, 3.63) is 66.4 Å². The van der Waals surface area contributed by atoms with Gasteiger partial charge in [-0.25, -0.2) is 9.50 Å². The molecule has 0 aliphatic heterocycles. The number of nitrogens with zero attached hydrogens (tertiary/aromatic N) is 4. The molecule has 6 heteroatoms. The highest BCUT2D eigenvalue weighted by Crippen LogP contribution is 2.39. The lowest BCUT2D eigenvalue weighted by Crippen LogP contribution is -2.43. The first-order valence-corrected chi connectivity index (χ1v) is 10.1. The third-order valence-electron chi connectivity index (χ3n) is 5.73. The number of nitrogens with two attached hydrogens (primary N) is 1. The second-order valence-corrected chi connectivity index (χ2v) is 7.67. The maximum atomic E-state index is 6.50. The molecule has 2 aromatic heterocycles. The molecule has 0 radical (unpaired) electrons. The van der Waals surface area contributed by atoms with Crippen molar-refractivity contribution in [1.29, 1.82) is 0 Å². The van der Waals surface area contributed by atoms with Crippen molar-refractivity contribution in [2.45, 2.75) is 31.7 Å². The fraction of sp³-hybridized carbons (Fsp3) is 0.261. The van der Waals surface area contributed by atoms with Gasteiger partial charge in [-0.05, 0) is 37.3 Å². The predicted octanol–water partition coefficient (Wildman–Crippen LogP) is 4.23. The van der Waals surface area contributed by atoms with Crippen molar-refractivity contribution in [1.82, 2.24) is 19.6 Å². The largest absolute Gasteiger partial charge is 0.353 e. The van der Waals surface area contributed by atoms with E-state index in [9.17, 15) is 0 Å². The maximum Gasteiger partial charge on any atom is 0.254 e. The van der Waals surface area contributed by atoms with Crippen LogP contribution < -0.4 is 11.1 Å². The third kappa shape index (κ3) is 3.15. The second-order valence-electron chi connectivity index (χ2n) is 7.67. The summed E-state index contributed by atoms with van der Waals surface area (Å²) in [6, 6.07) is 18.8. The molecule has 0 spiro atoms. The van der Waals surface area contributed by atoms with Crippen molar-refractivity contribution >= 4 is 11.7 Å². The number of aromatic nitrogens is 4. The minimum Gasteiger partial charge on any atom is -0.353 e. The van der Waals surface area contributed by atoms with Crippen LogP contribution in [0.4, 0.5) is 5.95 Å². The van der Waals surface area contributed by atoms with Crippen LogP contribution in [-0.4, -0.2) is 26.1 Å². The number of benzene rings is 2. The van der Waals surface area contributed by atoms with Crippen LogP contribution in [0.5, 0.6) is 0 Å². The Morgan fingerprint density at radius 1 is 1.00 bits per heavy atom. The van der Waals surface area contributed by atoms with Crippen LogP contribution in [0.3, 0.4) is 0 Å². The zero-order valence-electron chi connectivity index (χ0n) is 16.5. The molecule has 6 nitrogen and oxygen atoms in total. The van der Waals surface area contributed by atoms with E-state index in [1.807, 2.05) is 31.3 Å². The van der Waals surface area contributed by atoms with E-state index in [-0.39, 0.29) is 5.54 Å². The molecule has 29 heavy (non-hydrogen) atoms. The standard InChI is InChI=1S/C23H24N6/c1-2-25-21-27-22-26-20(17-9-11-18(12-10-17)23(24)13-6-14-23)19(15-29(22)28-21)16-7-4-3-5-8-16/h3-5,7-12,15H,2,6,13-14,24H2,1H3,(H,25,28). The van der Waals surface area contributed by atoms with Crippen LogP contribution in [0.2, 0.25) is 0 Å². The van der Waals surface area contributed by atoms with E-state index in [2.05, 4.69) is 51.8 Å². The SMILES string of the molecule is CCNc1nc2nc(-c3ccc(C4(N)CCC4)cc3)c(-c3ccccc3)cn2n1. The molecule has 2 aromatic carbocycles. The molecule has 2 heterocycles. The van der Waals surface area contributed by atoms with Gasteiger partial charge in [0.2, 0.25) is 5.95 Å². The number of nitrogens with one attached hydrogen (secondary N) is 1. The Kier molecular flexibility index (Phi) is 4.28. The summed E-state index contributed by atoms with van der Waals surface area (Å²) in [6.07, 6.45) is 5.32. The van der Waals surface area contributed by atoms with Gasteiger partial charge in [0.1, 0.15) is 0 Å². The highest BCUT2D eigenvalue weighted by Gasteiger charge is 2.34. The Morgan fingerprint density at radius 2 is 1.76 bits per heavy atom. The Morgan fingerprint density at radius 3 is 2.41 bits per heavy atom. The zero-order chi connectivity index (χ0) is 19.8. The lowest BCUT2D eigenvalue weighted by atomic mass is 9.72. The van der Waals surface area contributed by atoms with Gasteiger partial charge in [-0.3, -0.25) is 0 Å². The molecule has 0 bridgehead atoms. The summed E-state index contributed by atoms with van der Waals surface area (Å²) in [5, 5.41) is 7.66. The molecule has 1 aliphatic carbocycles. The third-order valence-corrected chi connectivity index (χ3v) is 5.73. The summed E-state index contributed by atoms with van der Waals surface area (Å²) in [7, 11) is 0. The summed E-state index contributed by atoms with van der Waals surface area (Å²) >= 11 is 0. The van der Waals surface area contributed by atoms with Crippen molar-refractivity contribution in [2.75, 3.05) is 11.9 Å². The van der Waals surface area contributed by atoms with Gasteiger partial charge in [0, 0.05) is 29.4 Å². The van der Waals surface area contributed by atoms with Gasteiger partial charge >= 0.3 is 0 Å². The molecular formula is C23H24N6. The van der Waals surface area contributed by atoms with Gasteiger partial charge in [0.15, 0.2) is 0 Å². The van der Waals surface area contributed by atoms with Crippen LogP contribution >= 0.6 is 0 Å². The molecule has 0 atom stereocenters. The fourth-order valence-electron chi connectivity index (χ4n) is 3.91. The molecule has 1 fully saturated rings. The molecule has 1 aliphatic rings. The van der Waals surface area contributed by atoms with Gasteiger partial charge in [0.05, 0.1) is 5.69 Å². The molecule has 146 valence electrons. The molecule has 1 saturated carbocycles. The second kappa shape index (κ2) is 6.97. The highest BCUT2D eigenvalue weighted by molar-refractivity contribution is 5.81. The predicted molar refractivity (Wildman–Crippen MR) is 116 cm³/mol. The topological polar surface area (TPSA) is 81.1 Å². The average molecular weight is 384 g/mol. The first kappa shape index (κ1) is 17.8. The number of hydrogen-bond acceptors (Lipinski definition) is 5. The summed E-state index contributed by atoms with van der Waals surface area (Å²) in [5.41, 5.74) is 11.6. The summed E-state index contributed by atoms with van der Waals surface area (Å²) in [5.74, 6) is 1.16. The average Bonchev–Trinajstić information content (AvgIpc) is 3.13. The van der Waals surface area contributed by atoms with E-state index >= 15 is 0 Å².